The van der Waals surface area contributed by atoms with Gasteiger partial charge >= 0.3 is 0 Å². The molecule has 0 heterocycles. The molecule has 0 atom stereocenters. The number of nitrogens with zero attached hydrogens (tertiary/aromatic N) is 1. The third kappa shape index (κ3) is 4.64. The van der Waals surface area contributed by atoms with Crippen LogP contribution in [0.25, 0.3) is 0 Å². The Labute approximate surface area is 100 Å². The van der Waals surface area contributed by atoms with Crippen molar-refractivity contribution in [1.82, 2.24) is 5.32 Å². The van der Waals surface area contributed by atoms with Gasteiger partial charge in [0.15, 0.2) is 0 Å². The molecule has 90 valence electrons. The summed E-state index contributed by atoms with van der Waals surface area (Å²) in [5.74, 6) is -0.177. The second kappa shape index (κ2) is 7.39. The van der Waals surface area contributed by atoms with Crippen LogP contribution in [0, 0.1) is 11.3 Å². The molecule has 0 bridgehead atoms. The molecule has 0 aliphatic heterocycles. The number of carbonyl (C=O) groups is 1. The number of carbonyl (C=O) groups excluding carboxylic acids is 1. The Morgan fingerprint density at radius 3 is 2.94 bits per heavy atom. The van der Waals surface area contributed by atoms with Crippen LogP contribution < -0.4 is 10.6 Å². The van der Waals surface area contributed by atoms with Gasteiger partial charge in [-0.2, -0.15) is 5.26 Å². The maximum Gasteiger partial charge on any atom is 0.238 e. The number of amides is 1. The average molecular weight is 233 g/mol. The largest absolute Gasteiger partial charge is 0.383 e. The first-order chi connectivity index (χ1) is 8.27. The van der Waals surface area contributed by atoms with Gasteiger partial charge < -0.3 is 15.4 Å². The molecule has 0 spiro atoms. The van der Waals surface area contributed by atoms with Gasteiger partial charge in [-0.25, -0.2) is 0 Å². The lowest BCUT2D eigenvalue weighted by molar-refractivity contribution is -0.115. The lowest BCUT2D eigenvalue weighted by Crippen LogP contribution is -2.30. The molecular formula is C12H15N3O2. The quantitative estimate of drug-likeness (QED) is 0.710. The second-order valence-electron chi connectivity index (χ2n) is 3.38. The van der Waals surface area contributed by atoms with Crippen LogP contribution in [0.15, 0.2) is 24.3 Å². The first-order valence-corrected chi connectivity index (χ1v) is 5.26. The van der Waals surface area contributed by atoms with E-state index >= 15 is 0 Å². The van der Waals surface area contributed by atoms with E-state index in [-0.39, 0.29) is 12.5 Å². The number of benzene rings is 1. The number of anilines is 1. The fourth-order valence-electron chi connectivity index (χ4n) is 1.26. The molecule has 1 aromatic carbocycles. The first kappa shape index (κ1) is 13.2. The molecule has 2 N–H and O–H groups in total. The van der Waals surface area contributed by atoms with Gasteiger partial charge in [0.1, 0.15) is 6.07 Å². The third-order valence-electron chi connectivity index (χ3n) is 2.09. The maximum atomic E-state index is 11.5. The van der Waals surface area contributed by atoms with E-state index in [1.807, 2.05) is 6.07 Å². The number of nitrogens with one attached hydrogen (secondary N) is 2. The molecule has 5 heteroatoms. The molecule has 0 aromatic heterocycles. The zero-order valence-corrected chi connectivity index (χ0v) is 9.69. The van der Waals surface area contributed by atoms with E-state index in [0.717, 1.165) is 0 Å². The Balaban J connectivity index is 2.43. The predicted octanol–water partition coefficient (Wildman–Crippen LogP) is 0.733. The van der Waals surface area contributed by atoms with Crippen molar-refractivity contribution in [3.63, 3.8) is 0 Å². The van der Waals surface area contributed by atoms with Gasteiger partial charge in [0.25, 0.3) is 0 Å². The van der Waals surface area contributed by atoms with Crippen molar-refractivity contribution < 1.29 is 9.53 Å². The van der Waals surface area contributed by atoms with E-state index in [0.29, 0.717) is 24.4 Å². The van der Waals surface area contributed by atoms with Crippen LogP contribution in [0.5, 0.6) is 0 Å². The predicted molar refractivity (Wildman–Crippen MR) is 64.5 cm³/mol. The fourth-order valence-corrected chi connectivity index (χ4v) is 1.26. The molecule has 0 radical (unpaired) electrons. The normalized spacial score (nSPS) is 9.65. The van der Waals surface area contributed by atoms with Gasteiger partial charge in [0.05, 0.1) is 24.4 Å². The number of nitriles is 1. The first-order valence-electron chi connectivity index (χ1n) is 5.26. The lowest BCUT2D eigenvalue weighted by atomic mass is 10.2. The number of ether oxygens (including phenoxy) is 1. The van der Waals surface area contributed by atoms with E-state index in [1.165, 1.54) is 0 Å². The van der Waals surface area contributed by atoms with E-state index in [4.69, 9.17) is 10.00 Å². The maximum absolute atomic E-state index is 11.5. The highest BCUT2D eigenvalue weighted by Gasteiger charge is 2.05. The summed E-state index contributed by atoms with van der Waals surface area (Å²) in [5.41, 5.74) is 0.992. The molecule has 0 fully saturated rings. The van der Waals surface area contributed by atoms with Gasteiger partial charge in [0, 0.05) is 13.7 Å². The van der Waals surface area contributed by atoms with Gasteiger partial charge in [-0.3, -0.25) is 4.79 Å². The third-order valence-corrected chi connectivity index (χ3v) is 2.09. The minimum Gasteiger partial charge on any atom is -0.383 e. The Morgan fingerprint density at radius 1 is 1.47 bits per heavy atom. The summed E-state index contributed by atoms with van der Waals surface area (Å²) in [6.45, 7) is 1.37. The summed E-state index contributed by atoms with van der Waals surface area (Å²) >= 11 is 0. The second-order valence-corrected chi connectivity index (χ2v) is 3.38. The van der Waals surface area contributed by atoms with Crippen LogP contribution in [-0.2, 0) is 9.53 Å². The van der Waals surface area contributed by atoms with Crippen LogP contribution in [-0.4, -0.2) is 32.7 Å². The van der Waals surface area contributed by atoms with Crippen molar-refractivity contribution in [3.8, 4) is 6.07 Å². The highest BCUT2D eigenvalue weighted by molar-refractivity contribution is 5.93. The van der Waals surface area contributed by atoms with Crippen LogP contribution in [0.1, 0.15) is 5.56 Å². The minimum atomic E-state index is -0.177. The Morgan fingerprint density at radius 2 is 2.24 bits per heavy atom. The summed E-state index contributed by atoms with van der Waals surface area (Å²) in [6.07, 6.45) is 0. The van der Waals surface area contributed by atoms with Gasteiger partial charge in [-0.1, -0.05) is 12.1 Å². The minimum absolute atomic E-state index is 0.177. The van der Waals surface area contributed by atoms with Crippen LogP contribution in [0.4, 0.5) is 5.69 Å². The van der Waals surface area contributed by atoms with Crippen molar-refractivity contribution in [1.29, 1.82) is 5.26 Å². The Kier molecular flexibility index (Phi) is 5.72. The molecule has 0 unspecified atom stereocenters. The van der Waals surface area contributed by atoms with E-state index in [9.17, 15) is 4.79 Å². The zero-order valence-electron chi connectivity index (χ0n) is 9.69. The molecule has 0 saturated carbocycles. The van der Waals surface area contributed by atoms with Gasteiger partial charge in [0.2, 0.25) is 5.91 Å². The SMILES string of the molecule is COCCNCC(=O)Nc1ccccc1C#N. The number of para-hydroxylation sites is 1. The molecule has 5 nitrogen and oxygen atoms in total. The molecular weight excluding hydrogens is 218 g/mol. The van der Waals surface area contributed by atoms with Gasteiger partial charge in [-0.15, -0.1) is 0 Å². The Hall–Kier alpha value is -1.90. The summed E-state index contributed by atoms with van der Waals surface area (Å²) in [7, 11) is 1.60. The number of methoxy groups -OCH3 is 1. The van der Waals surface area contributed by atoms with E-state index < -0.39 is 0 Å². The van der Waals surface area contributed by atoms with Crippen LogP contribution in [0.3, 0.4) is 0 Å². The van der Waals surface area contributed by atoms with Crippen LogP contribution in [0.2, 0.25) is 0 Å². The monoisotopic (exact) mass is 233 g/mol. The summed E-state index contributed by atoms with van der Waals surface area (Å²) in [4.78, 5) is 11.5. The average Bonchev–Trinajstić information content (AvgIpc) is 2.35. The van der Waals surface area contributed by atoms with E-state index in [2.05, 4.69) is 10.6 Å². The highest BCUT2D eigenvalue weighted by Crippen LogP contribution is 2.12. The molecule has 17 heavy (non-hydrogen) atoms. The Bertz CT molecular complexity index is 412. The van der Waals surface area contributed by atoms with E-state index in [1.54, 1.807) is 31.4 Å². The van der Waals surface area contributed by atoms with Crippen LogP contribution >= 0.6 is 0 Å². The van der Waals surface area contributed by atoms with Crippen molar-refractivity contribution in [2.45, 2.75) is 0 Å². The van der Waals surface area contributed by atoms with Crippen molar-refractivity contribution in [3.05, 3.63) is 29.8 Å². The number of hydrogen-bond donors (Lipinski definition) is 2. The number of rotatable bonds is 6. The lowest BCUT2D eigenvalue weighted by Gasteiger charge is -2.07. The summed E-state index contributed by atoms with van der Waals surface area (Å²) in [5, 5.41) is 14.4. The summed E-state index contributed by atoms with van der Waals surface area (Å²) in [6, 6.07) is 8.91. The molecule has 0 aliphatic rings. The molecule has 1 amide bonds. The highest BCUT2D eigenvalue weighted by atomic mass is 16.5. The zero-order chi connectivity index (χ0) is 12.5. The fraction of sp³-hybridized carbons (Fsp3) is 0.333. The van der Waals surface area contributed by atoms with Crippen molar-refractivity contribution in [2.24, 2.45) is 0 Å². The summed E-state index contributed by atoms with van der Waals surface area (Å²) < 4.78 is 4.84. The van der Waals surface area contributed by atoms with Crippen molar-refractivity contribution >= 4 is 11.6 Å². The standard InChI is InChI=1S/C12H15N3O2/c1-17-7-6-14-9-12(16)15-11-5-3-2-4-10(11)8-13/h2-5,14H,6-7,9H2,1H3,(H,15,16). The van der Waals surface area contributed by atoms with Crippen molar-refractivity contribution in [2.75, 3.05) is 32.1 Å². The molecule has 0 saturated heterocycles. The van der Waals surface area contributed by atoms with Gasteiger partial charge in [-0.05, 0) is 12.1 Å². The molecule has 1 aromatic rings. The molecule has 0 aliphatic carbocycles. The topological polar surface area (TPSA) is 74.2 Å². The number of hydrogen-bond acceptors (Lipinski definition) is 4. The molecule has 1 rings (SSSR count). The smallest absolute Gasteiger partial charge is 0.238 e.